The van der Waals surface area contributed by atoms with Crippen molar-refractivity contribution in [3.05, 3.63) is 71.5 Å². The molecule has 2 aromatic rings. The van der Waals surface area contributed by atoms with Crippen molar-refractivity contribution in [3.63, 3.8) is 0 Å². The Morgan fingerprint density at radius 2 is 1.74 bits per heavy atom. The van der Waals surface area contributed by atoms with E-state index in [-0.39, 0.29) is 28.5 Å². The summed E-state index contributed by atoms with van der Waals surface area (Å²) in [6.45, 7) is 3.56. The van der Waals surface area contributed by atoms with Gasteiger partial charge in [0.2, 0.25) is 5.91 Å². The Balaban J connectivity index is 1.14. The Kier molecular flexibility index (Phi) is 5.60. The van der Waals surface area contributed by atoms with E-state index in [9.17, 15) is 9.18 Å². The zero-order chi connectivity index (χ0) is 21.3. The van der Waals surface area contributed by atoms with Crippen molar-refractivity contribution in [2.75, 3.05) is 19.6 Å². The Hall–Kier alpha value is -2.20. The number of nitrogens with zero attached hydrogens (tertiary/aromatic N) is 1. The molecular weight excluding hydrogens is 387 g/mol. The molecule has 1 amide bonds. The first kappa shape index (κ1) is 20.7. The molecule has 31 heavy (non-hydrogen) atoms. The van der Waals surface area contributed by atoms with Crippen molar-refractivity contribution < 1.29 is 9.18 Å². The molecule has 3 aliphatic rings. The quantitative estimate of drug-likeness (QED) is 0.709. The number of rotatable bonds is 6. The van der Waals surface area contributed by atoms with Gasteiger partial charge in [-0.2, -0.15) is 0 Å². The van der Waals surface area contributed by atoms with E-state index >= 15 is 0 Å². The summed E-state index contributed by atoms with van der Waals surface area (Å²) in [4.78, 5) is 15.5. The summed E-state index contributed by atoms with van der Waals surface area (Å²) in [5, 5.41) is 3.36. The van der Waals surface area contributed by atoms with Gasteiger partial charge in [0.05, 0.1) is 0 Å². The van der Waals surface area contributed by atoms with E-state index in [2.05, 4.69) is 40.5 Å². The van der Waals surface area contributed by atoms with E-state index in [0.29, 0.717) is 0 Å². The average molecular weight is 421 g/mol. The number of carbonyl (C=O) groups is 1. The predicted molar refractivity (Wildman–Crippen MR) is 121 cm³/mol. The van der Waals surface area contributed by atoms with Crippen LogP contribution in [0.15, 0.2) is 54.6 Å². The molecule has 2 aromatic carbocycles. The van der Waals surface area contributed by atoms with Gasteiger partial charge in [-0.1, -0.05) is 55.3 Å². The molecule has 1 N–H and O–H groups in total. The first-order chi connectivity index (χ1) is 15.1. The highest BCUT2D eigenvalue weighted by atomic mass is 19.1. The monoisotopic (exact) mass is 420 g/mol. The van der Waals surface area contributed by atoms with Crippen LogP contribution >= 0.6 is 0 Å². The summed E-state index contributed by atoms with van der Waals surface area (Å²) >= 11 is 0. The third-order valence-corrected chi connectivity index (χ3v) is 8.20. The number of halogens is 1. The van der Waals surface area contributed by atoms with Crippen LogP contribution in [0.1, 0.15) is 56.1 Å². The van der Waals surface area contributed by atoms with Crippen LogP contribution in [-0.4, -0.2) is 30.4 Å². The van der Waals surface area contributed by atoms with Gasteiger partial charge in [-0.05, 0) is 73.9 Å². The topological polar surface area (TPSA) is 32.3 Å². The summed E-state index contributed by atoms with van der Waals surface area (Å²) in [6, 6.07) is 17.7. The number of benzene rings is 2. The van der Waals surface area contributed by atoms with E-state index in [0.717, 1.165) is 51.0 Å². The molecule has 1 heterocycles. The number of nitrogens with one attached hydrogen (secondary N) is 1. The van der Waals surface area contributed by atoms with Crippen LogP contribution in [0, 0.1) is 17.2 Å². The maximum Gasteiger partial charge on any atom is 0.223 e. The molecule has 1 aliphatic heterocycles. The molecule has 1 atom stereocenters. The van der Waals surface area contributed by atoms with Crippen LogP contribution in [0.5, 0.6) is 0 Å². The summed E-state index contributed by atoms with van der Waals surface area (Å²) in [5.41, 5.74) is 2.73. The van der Waals surface area contributed by atoms with Crippen LogP contribution in [0.25, 0.3) is 0 Å². The van der Waals surface area contributed by atoms with Crippen molar-refractivity contribution in [3.8, 4) is 0 Å². The largest absolute Gasteiger partial charge is 0.355 e. The molecule has 5 rings (SSSR count). The third-order valence-electron chi connectivity index (χ3n) is 8.20. The molecule has 0 unspecified atom stereocenters. The van der Waals surface area contributed by atoms with Crippen molar-refractivity contribution >= 4 is 5.91 Å². The standard InChI is InChI=1S/C27H33FN2O/c28-23-10-6-7-21(17-23)19-30-15-13-26(14-16-30)18-24(26)25(31)29-20-27(11-4-5-12-27)22-8-2-1-3-9-22/h1-3,6-10,17,24H,4-5,11-16,18-20H2,(H,29,31)/t24-/m0/s1. The second-order valence-electron chi connectivity index (χ2n) is 10.1. The molecule has 2 aliphatic carbocycles. The van der Waals surface area contributed by atoms with Gasteiger partial charge in [0, 0.05) is 24.4 Å². The minimum absolute atomic E-state index is 0.118. The van der Waals surface area contributed by atoms with Gasteiger partial charge in [0.1, 0.15) is 5.82 Å². The summed E-state index contributed by atoms with van der Waals surface area (Å²) in [6.07, 6.45) is 8.02. The first-order valence-electron chi connectivity index (χ1n) is 11.9. The van der Waals surface area contributed by atoms with E-state index in [1.807, 2.05) is 6.07 Å². The molecule has 4 heteroatoms. The zero-order valence-corrected chi connectivity index (χ0v) is 18.3. The Labute approximate surface area is 185 Å². The lowest BCUT2D eigenvalue weighted by molar-refractivity contribution is -0.123. The SMILES string of the molecule is O=C(NCC1(c2ccccc2)CCCC1)[C@@H]1CC12CCN(Cc1cccc(F)c1)CC2. The van der Waals surface area contributed by atoms with Gasteiger partial charge in [-0.15, -0.1) is 0 Å². The molecule has 0 bridgehead atoms. The minimum atomic E-state index is -0.166. The number of carbonyl (C=O) groups excluding carboxylic acids is 1. The maximum atomic E-state index is 13.5. The molecule has 3 fully saturated rings. The molecular formula is C27H33FN2O. The second kappa shape index (κ2) is 8.38. The summed E-state index contributed by atoms with van der Waals surface area (Å²) in [7, 11) is 0. The molecule has 1 spiro atoms. The van der Waals surface area contributed by atoms with Crippen LogP contribution in [0.3, 0.4) is 0 Å². The smallest absolute Gasteiger partial charge is 0.223 e. The fourth-order valence-electron chi connectivity index (χ4n) is 6.11. The van der Waals surface area contributed by atoms with Gasteiger partial charge in [-0.25, -0.2) is 4.39 Å². The highest BCUT2D eigenvalue weighted by Gasteiger charge is 2.58. The molecule has 3 nitrogen and oxygen atoms in total. The predicted octanol–water partition coefficient (Wildman–Crippen LogP) is 5.06. The van der Waals surface area contributed by atoms with Crippen molar-refractivity contribution in [1.82, 2.24) is 10.2 Å². The van der Waals surface area contributed by atoms with Crippen molar-refractivity contribution in [1.29, 1.82) is 0 Å². The Morgan fingerprint density at radius 1 is 1.00 bits per heavy atom. The second-order valence-corrected chi connectivity index (χ2v) is 10.1. The van der Waals surface area contributed by atoms with E-state index < -0.39 is 0 Å². The number of hydrogen-bond acceptors (Lipinski definition) is 2. The minimum Gasteiger partial charge on any atom is -0.355 e. The summed E-state index contributed by atoms with van der Waals surface area (Å²) in [5.74, 6) is 0.277. The molecule has 2 saturated carbocycles. The van der Waals surface area contributed by atoms with Crippen LogP contribution in [-0.2, 0) is 16.8 Å². The molecule has 164 valence electrons. The lowest BCUT2D eigenvalue weighted by Crippen LogP contribution is -2.41. The highest BCUT2D eigenvalue weighted by molar-refractivity contribution is 5.82. The van der Waals surface area contributed by atoms with E-state index in [1.165, 1.54) is 37.3 Å². The lowest BCUT2D eigenvalue weighted by atomic mass is 9.78. The number of piperidine rings is 1. The fourth-order valence-corrected chi connectivity index (χ4v) is 6.11. The zero-order valence-electron chi connectivity index (χ0n) is 18.3. The number of hydrogen-bond donors (Lipinski definition) is 1. The maximum absolute atomic E-state index is 13.5. The normalized spacial score (nSPS) is 24.2. The lowest BCUT2D eigenvalue weighted by Gasteiger charge is -2.33. The van der Waals surface area contributed by atoms with Crippen LogP contribution in [0.4, 0.5) is 4.39 Å². The molecule has 0 aromatic heterocycles. The van der Waals surface area contributed by atoms with Crippen molar-refractivity contribution in [2.45, 2.75) is 56.9 Å². The van der Waals surface area contributed by atoms with Gasteiger partial charge < -0.3 is 5.32 Å². The fraction of sp³-hybridized carbons (Fsp3) is 0.519. The highest BCUT2D eigenvalue weighted by Crippen LogP contribution is 2.59. The first-order valence-corrected chi connectivity index (χ1v) is 11.9. The van der Waals surface area contributed by atoms with Crippen LogP contribution in [0.2, 0.25) is 0 Å². The Morgan fingerprint density at radius 3 is 2.45 bits per heavy atom. The third kappa shape index (κ3) is 4.27. The number of amides is 1. The molecule has 1 saturated heterocycles. The van der Waals surface area contributed by atoms with Gasteiger partial charge in [-0.3, -0.25) is 9.69 Å². The van der Waals surface area contributed by atoms with Gasteiger partial charge in [0.25, 0.3) is 0 Å². The van der Waals surface area contributed by atoms with Crippen LogP contribution < -0.4 is 5.32 Å². The van der Waals surface area contributed by atoms with E-state index in [4.69, 9.17) is 0 Å². The number of likely N-dealkylation sites (tertiary alicyclic amines) is 1. The van der Waals surface area contributed by atoms with Gasteiger partial charge >= 0.3 is 0 Å². The molecule has 0 radical (unpaired) electrons. The van der Waals surface area contributed by atoms with Crippen molar-refractivity contribution in [2.24, 2.45) is 11.3 Å². The Bertz CT molecular complexity index is 914. The summed E-state index contributed by atoms with van der Waals surface area (Å²) < 4.78 is 13.5. The average Bonchev–Trinajstić information content (AvgIpc) is 3.27. The van der Waals surface area contributed by atoms with E-state index in [1.54, 1.807) is 12.1 Å². The van der Waals surface area contributed by atoms with Gasteiger partial charge in [0.15, 0.2) is 0 Å².